The van der Waals surface area contributed by atoms with E-state index in [1.54, 1.807) is 6.07 Å². The monoisotopic (exact) mass is 531 g/mol. The first-order valence-corrected chi connectivity index (χ1v) is 12.2. The third-order valence-corrected chi connectivity index (χ3v) is 7.23. The van der Waals surface area contributed by atoms with Crippen molar-refractivity contribution in [3.05, 3.63) is 93.5 Å². The molecule has 1 aliphatic heterocycles. The fourth-order valence-corrected chi connectivity index (χ4v) is 5.00. The molecule has 4 rings (SSSR count). The molecule has 1 heterocycles. The van der Waals surface area contributed by atoms with Gasteiger partial charge in [-0.3, -0.25) is 0 Å². The third-order valence-electron chi connectivity index (χ3n) is 6.73. The Morgan fingerprint density at radius 1 is 0.941 bits per heavy atom. The SMILES string of the molecule is Cc1ccc(-c2cc(COCC3(c4cccc(Br)c4)CCN(C)CC3)cc(C(F)(F)F)c2)cc1. The maximum Gasteiger partial charge on any atom is 0.416 e. The largest absolute Gasteiger partial charge is 0.416 e. The molecule has 180 valence electrons. The number of nitrogens with zero attached hydrogens (tertiary/aromatic N) is 1. The predicted octanol–water partition coefficient (Wildman–Crippen LogP) is 7.62. The lowest BCUT2D eigenvalue weighted by atomic mass is 9.73. The van der Waals surface area contributed by atoms with Crippen molar-refractivity contribution in [2.45, 2.75) is 38.0 Å². The second kappa shape index (κ2) is 10.2. The van der Waals surface area contributed by atoms with E-state index in [1.807, 2.05) is 43.3 Å². The van der Waals surface area contributed by atoms with Crippen LogP contribution in [-0.2, 0) is 22.9 Å². The molecule has 34 heavy (non-hydrogen) atoms. The number of alkyl halides is 3. The highest BCUT2D eigenvalue weighted by Crippen LogP contribution is 2.38. The molecule has 3 aromatic rings. The van der Waals surface area contributed by atoms with E-state index < -0.39 is 11.7 Å². The van der Waals surface area contributed by atoms with Gasteiger partial charge in [0, 0.05) is 9.89 Å². The van der Waals surface area contributed by atoms with Crippen molar-refractivity contribution in [1.82, 2.24) is 4.90 Å². The number of aryl methyl sites for hydroxylation is 1. The highest BCUT2D eigenvalue weighted by atomic mass is 79.9. The van der Waals surface area contributed by atoms with Gasteiger partial charge in [-0.05, 0) is 92.5 Å². The Balaban J connectivity index is 1.58. The van der Waals surface area contributed by atoms with Crippen LogP contribution in [0.15, 0.2) is 71.2 Å². The Bertz CT molecular complexity index is 1120. The molecule has 6 heteroatoms. The van der Waals surface area contributed by atoms with Gasteiger partial charge in [0.1, 0.15) is 0 Å². The van der Waals surface area contributed by atoms with Gasteiger partial charge >= 0.3 is 6.18 Å². The molecule has 0 atom stereocenters. The number of hydrogen-bond donors (Lipinski definition) is 0. The van der Waals surface area contributed by atoms with Crippen LogP contribution in [0.1, 0.15) is 35.1 Å². The fraction of sp³-hybridized carbons (Fsp3) is 0.357. The van der Waals surface area contributed by atoms with E-state index in [0.717, 1.165) is 41.5 Å². The van der Waals surface area contributed by atoms with Crippen LogP contribution in [0.2, 0.25) is 0 Å². The van der Waals surface area contributed by atoms with E-state index in [0.29, 0.717) is 17.7 Å². The zero-order chi connectivity index (χ0) is 24.3. The number of benzene rings is 3. The van der Waals surface area contributed by atoms with E-state index >= 15 is 0 Å². The summed E-state index contributed by atoms with van der Waals surface area (Å²) in [5.41, 5.74) is 3.31. The van der Waals surface area contributed by atoms with Gasteiger partial charge in [-0.2, -0.15) is 13.2 Å². The van der Waals surface area contributed by atoms with Gasteiger partial charge in [-0.25, -0.2) is 0 Å². The second-order valence-corrected chi connectivity index (χ2v) is 10.3. The lowest BCUT2D eigenvalue weighted by molar-refractivity contribution is -0.137. The van der Waals surface area contributed by atoms with Crippen LogP contribution in [0, 0.1) is 6.92 Å². The molecule has 0 aliphatic carbocycles. The molecule has 0 bridgehead atoms. The normalized spacial score (nSPS) is 16.5. The van der Waals surface area contributed by atoms with Gasteiger partial charge < -0.3 is 9.64 Å². The summed E-state index contributed by atoms with van der Waals surface area (Å²) in [5.74, 6) is 0. The predicted molar refractivity (Wildman–Crippen MR) is 134 cm³/mol. The van der Waals surface area contributed by atoms with Crippen molar-refractivity contribution in [2.24, 2.45) is 0 Å². The molecule has 0 saturated carbocycles. The van der Waals surface area contributed by atoms with Gasteiger partial charge in [-0.15, -0.1) is 0 Å². The van der Waals surface area contributed by atoms with Gasteiger partial charge in [0.05, 0.1) is 18.8 Å². The highest BCUT2D eigenvalue weighted by Gasteiger charge is 2.36. The molecule has 0 amide bonds. The Morgan fingerprint density at radius 2 is 1.65 bits per heavy atom. The minimum absolute atomic E-state index is 0.133. The van der Waals surface area contributed by atoms with Crippen LogP contribution >= 0.6 is 15.9 Å². The van der Waals surface area contributed by atoms with Crippen LogP contribution in [0.25, 0.3) is 11.1 Å². The van der Waals surface area contributed by atoms with E-state index in [-0.39, 0.29) is 12.0 Å². The fourth-order valence-electron chi connectivity index (χ4n) is 4.60. The first kappa shape index (κ1) is 25.0. The van der Waals surface area contributed by atoms with Crippen LogP contribution < -0.4 is 0 Å². The van der Waals surface area contributed by atoms with Gasteiger partial charge in [0.25, 0.3) is 0 Å². The zero-order valence-corrected chi connectivity index (χ0v) is 21.0. The molecule has 0 unspecified atom stereocenters. The Hall–Kier alpha value is -2.15. The number of likely N-dealkylation sites (tertiary alicyclic amines) is 1. The molecule has 0 N–H and O–H groups in total. The summed E-state index contributed by atoms with van der Waals surface area (Å²) in [6.07, 6.45) is -2.53. The molecule has 0 radical (unpaired) electrons. The molecule has 2 nitrogen and oxygen atoms in total. The minimum Gasteiger partial charge on any atom is -0.376 e. The lowest BCUT2D eigenvalue weighted by Crippen LogP contribution is -2.43. The number of halogens is 4. The first-order chi connectivity index (χ1) is 16.1. The maximum atomic E-state index is 13.6. The molecule has 0 spiro atoms. The molecule has 1 saturated heterocycles. The summed E-state index contributed by atoms with van der Waals surface area (Å²) in [6, 6.07) is 20.1. The van der Waals surface area contributed by atoms with E-state index in [9.17, 15) is 13.2 Å². The molecule has 1 aliphatic rings. The first-order valence-electron chi connectivity index (χ1n) is 11.5. The van der Waals surface area contributed by atoms with Crippen LogP contribution in [-0.4, -0.2) is 31.6 Å². The quantitative estimate of drug-likeness (QED) is 0.324. The van der Waals surface area contributed by atoms with E-state index in [1.165, 1.54) is 17.7 Å². The summed E-state index contributed by atoms with van der Waals surface area (Å²) in [4.78, 5) is 2.30. The van der Waals surface area contributed by atoms with Gasteiger partial charge in [0.15, 0.2) is 0 Å². The van der Waals surface area contributed by atoms with E-state index in [2.05, 4.69) is 40.0 Å². The minimum atomic E-state index is -4.42. The summed E-state index contributed by atoms with van der Waals surface area (Å²) in [5, 5.41) is 0. The Morgan fingerprint density at radius 3 is 2.29 bits per heavy atom. The molecule has 0 aromatic heterocycles. The summed E-state index contributed by atoms with van der Waals surface area (Å²) in [7, 11) is 2.11. The average Bonchev–Trinajstić information content (AvgIpc) is 2.80. The Labute approximate surface area is 207 Å². The number of ether oxygens (including phenoxy) is 1. The lowest BCUT2D eigenvalue weighted by Gasteiger charge is -2.41. The zero-order valence-electron chi connectivity index (χ0n) is 19.5. The van der Waals surface area contributed by atoms with Gasteiger partial charge in [-0.1, -0.05) is 57.9 Å². The van der Waals surface area contributed by atoms with E-state index in [4.69, 9.17) is 4.74 Å². The Kier molecular flexibility index (Phi) is 7.51. The molecular formula is C28H29BrF3NO. The van der Waals surface area contributed by atoms with Crippen molar-refractivity contribution < 1.29 is 17.9 Å². The van der Waals surface area contributed by atoms with Crippen molar-refractivity contribution in [1.29, 1.82) is 0 Å². The second-order valence-electron chi connectivity index (χ2n) is 9.37. The topological polar surface area (TPSA) is 12.5 Å². The molecule has 1 fully saturated rings. The van der Waals surface area contributed by atoms with Crippen molar-refractivity contribution >= 4 is 15.9 Å². The smallest absolute Gasteiger partial charge is 0.376 e. The number of rotatable bonds is 6. The van der Waals surface area contributed by atoms with Gasteiger partial charge in [0.2, 0.25) is 0 Å². The van der Waals surface area contributed by atoms with Crippen LogP contribution in [0.5, 0.6) is 0 Å². The molecule has 3 aromatic carbocycles. The van der Waals surface area contributed by atoms with Crippen molar-refractivity contribution in [3.8, 4) is 11.1 Å². The number of piperidine rings is 1. The molecular weight excluding hydrogens is 503 g/mol. The average molecular weight is 532 g/mol. The number of hydrogen-bond acceptors (Lipinski definition) is 2. The summed E-state index contributed by atoms with van der Waals surface area (Å²) < 4.78 is 48.1. The van der Waals surface area contributed by atoms with Crippen molar-refractivity contribution in [2.75, 3.05) is 26.7 Å². The summed E-state index contributed by atoms with van der Waals surface area (Å²) >= 11 is 3.57. The van der Waals surface area contributed by atoms with Crippen LogP contribution in [0.4, 0.5) is 13.2 Å². The standard InChI is InChI=1S/C28H29BrF3NO/c1-20-6-8-22(9-7-20)23-14-21(15-25(16-23)28(30,31)32)18-34-19-27(10-12-33(2)13-11-27)24-4-3-5-26(29)17-24/h3-9,14-17H,10-13,18-19H2,1-2H3. The van der Waals surface area contributed by atoms with Crippen LogP contribution in [0.3, 0.4) is 0 Å². The third kappa shape index (κ3) is 5.91. The summed E-state index contributed by atoms with van der Waals surface area (Å²) in [6.45, 7) is 4.47. The highest BCUT2D eigenvalue weighted by molar-refractivity contribution is 9.10. The maximum absolute atomic E-state index is 13.6. The van der Waals surface area contributed by atoms with Crippen molar-refractivity contribution in [3.63, 3.8) is 0 Å².